The molecule has 10 nitrogen and oxygen atoms in total. The van der Waals surface area contributed by atoms with Gasteiger partial charge in [0, 0.05) is 30.6 Å². The third-order valence-electron chi connectivity index (χ3n) is 7.48. The van der Waals surface area contributed by atoms with Gasteiger partial charge in [0.2, 0.25) is 11.8 Å². The topological polar surface area (TPSA) is 137 Å². The normalized spacial score (nSPS) is 12.9. The van der Waals surface area contributed by atoms with Crippen molar-refractivity contribution in [1.82, 2.24) is 26.2 Å². The SMILES string of the molecule is CCN(CC)CCNC(=O)c1ccc(C(=O)N[C@@H](CC(C)C)C(=O)N[C@@H](Cc2ccccc2)C(=O)N[C@H](C=O)CC(C)C)cc1.Cl. The van der Waals surface area contributed by atoms with Crippen molar-refractivity contribution in [2.75, 3.05) is 26.2 Å². The first-order valence-electron chi connectivity index (χ1n) is 16.0. The van der Waals surface area contributed by atoms with Crippen LogP contribution in [0.3, 0.4) is 0 Å². The largest absolute Gasteiger partial charge is 0.351 e. The van der Waals surface area contributed by atoms with E-state index in [2.05, 4.69) is 40.0 Å². The second-order valence-corrected chi connectivity index (χ2v) is 12.1. The van der Waals surface area contributed by atoms with Gasteiger partial charge in [0.25, 0.3) is 11.8 Å². The summed E-state index contributed by atoms with van der Waals surface area (Å²) in [7, 11) is 0. The van der Waals surface area contributed by atoms with Gasteiger partial charge in [0.1, 0.15) is 18.4 Å². The predicted molar refractivity (Wildman–Crippen MR) is 184 cm³/mol. The Bertz CT molecular complexity index is 1240. The first-order chi connectivity index (χ1) is 21.5. The first-order valence-corrected chi connectivity index (χ1v) is 16.0. The molecule has 0 radical (unpaired) electrons. The quantitative estimate of drug-likeness (QED) is 0.170. The molecule has 0 aliphatic rings. The van der Waals surface area contributed by atoms with E-state index in [4.69, 9.17) is 0 Å². The fourth-order valence-electron chi connectivity index (χ4n) is 4.96. The van der Waals surface area contributed by atoms with E-state index in [1.54, 1.807) is 24.3 Å². The van der Waals surface area contributed by atoms with Crippen molar-refractivity contribution in [3.63, 3.8) is 0 Å². The summed E-state index contributed by atoms with van der Waals surface area (Å²) in [6.45, 7) is 15.0. The van der Waals surface area contributed by atoms with Gasteiger partial charge in [-0.2, -0.15) is 0 Å². The Morgan fingerprint density at radius 1 is 0.717 bits per heavy atom. The van der Waals surface area contributed by atoms with Crippen LogP contribution in [0.4, 0.5) is 0 Å². The number of carbonyl (C=O) groups excluding carboxylic acids is 5. The van der Waals surface area contributed by atoms with Gasteiger partial charge < -0.3 is 31.0 Å². The van der Waals surface area contributed by atoms with Gasteiger partial charge in [0.05, 0.1) is 6.04 Å². The van der Waals surface area contributed by atoms with Crippen LogP contribution in [0.25, 0.3) is 0 Å². The Kier molecular flexibility index (Phi) is 18.5. The lowest BCUT2D eigenvalue weighted by molar-refractivity contribution is -0.131. The zero-order valence-corrected chi connectivity index (χ0v) is 28.8. The lowest BCUT2D eigenvalue weighted by atomic mass is 10.00. The van der Waals surface area contributed by atoms with E-state index < -0.39 is 35.8 Å². The molecule has 0 aliphatic carbocycles. The summed E-state index contributed by atoms with van der Waals surface area (Å²) < 4.78 is 0. The first kappa shape index (κ1) is 40.3. The van der Waals surface area contributed by atoms with Crippen LogP contribution in [0.2, 0.25) is 0 Å². The van der Waals surface area contributed by atoms with Crippen LogP contribution in [-0.4, -0.2) is 79.1 Å². The van der Waals surface area contributed by atoms with Crippen LogP contribution in [0, 0.1) is 11.8 Å². The van der Waals surface area contributed by atoms with Crippen molar-refractivity contribution in [3.8, 4) is 0 Å². The van der Waals surface area contributed by atoms with Crippen molar-refractivity contribution in [2.45, 2.75) is 78.9 Å². The van der Waals surface area contributed by atoms with Crippen molar-refractivity contribution in [1.29, 1.82) is 0 Å². The van der Waals surface area contributed by atoms with Gasteiger partial charge in [-0.05, 0) is 67.6 Å². The molecule has 0 spiro atoms. The summed E-state index contributed by atoms with van der Waals surface area (Å²) >= 11 is 0. The molecule has 4 N–H and O–H groups in total. The highest BCUT2D eigenvalue weighted by atomic mass is 35.5. The predicted octanol–water partition coefficient (Wildman–Crippen LogP) is 3.78. The summed E-state index contributed by atoms with van der Waals surface area (Å²) in [5.41, 5.74) is 1.58. The Labute approximate surface area is 280 Å². The Morgan fingerprint density at radius 3 is 1.78 bits per heavy atom. The molecule has 11 heteroatoms. The van der Waals surface area contributed by atoms with Crippen LogP contribution >= 0.6 is 12.4 Å². The molecule has 254 valence electrons. The molecule has 0 aromatic heterocycles. The number of carbonyl (C=O) groups is 5. The number of nitrogens with one attached hydrogen (secondary N) is 4. The van der Waals surface area contributed by atoms with Crippen molar-refractivity contribution >= 4 is 42.3 Å². The van der Waals surface area contributed by atoms with Crippen LogP contribution in [0.15, 0.2) is 54.6 Å². The standard InChI is InChI=1S/C35H51N5O5.ClH/c1-7-40(8-2)19-18-36-32(42)27-14-16-28(17-15-27)33(43)38-30(21-25(5)6)35(45)39-31(22-26-12-10-9-11-13-26)34(44)37-29(23-41)20-24(3)4;/h9-17,23-25,29-31H,7-8,18-22H2,1-6H3,(H,36,42)(H,37,44)(H,38,43)(H,39,45);1H/t29-,30-,31-;/m0./s1. The van der Waals surface area contributed by atoms with Crippen LogP contribution in [0.5, 0.6) is 0 Å². The average Bonchev–Trinajstić information content (AvgIpc) is 3.02. The zero-order chi connectivity index (χ0) is 33.4. The van der Waals surface area contributed by atoms with Gasteiger partial charge in [-0.15, -0.1) is 12.4 Å². The fourth-order valence-corrected chi connectivity index (χ4v) is 4.96. The summed E-state index contributed by atoms with van der Waals surface area (Å²) in [5.74, 6) is -1.40. The number of aldehydes is 1. The number of nitrogens with zero attached hydrogens (tertiary/aromatic N) is 1. The molecule has 2 aromatic carbocycles. The minimum atomic E-state index is -0.958. The molecular formula is C35H52ClN5O5. The molecule has 3 atom stereocenters. The van der Waals surface area contributed by atoms with Gasteiger partial charge >= 0.3 is 0 Å². The van der Waals surface area contributed by atoms with Crippen molar-refractivity contribution < 1.29 is 24.0 Å². The number of rotatable bonds is 19. The van der Waals surface area contributed by atoms with E-state index in [1.165, 1.54) is 0 Å². The molecule has 0 fully saturated rings. The van der Waals surface area contributed by atoms with E-state index >= 15 is 0 Å². The average molecular weight is 658 g/mol. The van der Waals surface area contributed by atoms with Crippen LogP contribution in [-0.2, 0) is 20.8 Å². The molecule has 46 heavy (non-hydrogen) atoms. The van der Waals surface area contributed by atoms with Crippen molar-refractivity contribution in [3.05, 3.63) is 71.3 Å². The maximum absolute atomic E-state index is 13.6. The maximum Gasteiger partial charge on any atom is 0.251 e. The monoisotopic (exact) mass is 657 g/mol. The highest BCUT2D eigenvalue weighted by Crippen LogP contribution is 2.11. The third kappa shape index (κ3) is 14.1. The molecular weight excluding hydrogens is 606 g/mol. The Morgan fingerprint density at radius 2 is 1.26 bits per heavy atom. The smallest absolute Gasteiger partial charge is 0.251 e. The van der Waals surface area contributed by atoms with Gasteiger partial charge in [-0.25, -0.2) is 0 Å². The summed E-state index contributed by atoms with van der Waals surface area (Å²) in [6, 6.07) is 13.0. The molecule has 2 aromatic rings. The minimum Gasteiger partial charge on any atom is -0.351 e. The van der Waals surface area contributed by atoms with Crippen LogP contribution in [0.1, 0.15) is 80.7 Å². The highest BCUT2D eigenvalue weighted by molar-refractivity contribution is 6.00. The maximum atomic E-state index is 13.6. The summed E-state index contributed by atoms with van der Waals surface area (Å²) in [4.78, 5) is 66.6. The number of likely N-dealkylation sites (N-methyl/N-ethyl adjacent to an activating group) is 1. The molecule has 2 rings (SSSR count). The third-order valence-corrected chi connectivity index (χ3v) is 7.48. The number of hydrogen-bond acceptors (Lipinski definition) is 6. The summed E-state index contributed by atoms with van der Waals surface area (Å²) in [5, 5.41) is 11.3. The summed E-state index contributed by atoms with van der Waals surface area (Å²) in [6.07, 6.45) is 1.74. The van der Waals surface area contributed by atoms with Crippen LogP contribution < -0.4 is 21.3 Å². The number of amides is 4. The molecule has 4 amide bonds. The Hall–Kier alpha value is -3.76. The molecule has 0 bridgehead atoms. The minimum absolute atomic E-state index is 0. The number of benzene rings is 2. The van der Waals surface area contributed by atoms with Crippen molar-refractivity contribution in [2.24, 2.45) is 11.8 Å². The lowest BCUT2D eigenvalue weighted by Gasteiger charge is -2.25. The second-order valence-electron chi connectivity index (χ2n) is 12.1. The molecule has 0 saturated heterocycles. The molecule has 0 heterocycles. The van der Waals surface area contributed by atoms with Gasteiger partial charge in [-0.1, -0.05) is 71.9 Å². The molecule has 0 aliphatic heterocycles. The lowest BCUT2D eigenvalue weighted by Crippen LogP contribution is -2.56. The van der Waals surface area contributed by atoms with E-state index in [-0.39, 0.29) is 36.6 Å². The van der Waals surface area contributed by atoms with Gasteiger partial charge in [0.15, 0.2) is 0 Å². The highest BCUT2D eigenvalue weighted by Gasteiger charge is 2.29. The second kappa shape index (κ2) is 21.1. The van der Waals surface area contributed by atoms with E-state index in [9.17, 15) is 24.0 Å². The molecule has 0 unspecified atom stereocenters. The fraction of sp³-hybridized carbons (Fsp3) is 0.514. The zero-order valence-electron chi connectivity index (χ0n) is 28.0. The number of hydrogen-bond donors (Lipinski definition) is 4. The van der Waals surface area contributed by atoms with Gasteiger partial charge in [-0.3, -0.25) is 19.2 Å². The van der Waals surface area contributed by atoms with E-state index in [0.29, 0.717) is 36.8 Å². The Balaban J connectivity index is 0.0000106. The molecule has 0 saturated carbocycles. The van der Waals surface area contributed by atoms with E-state index in [0.717, 1.165) is 25.2 Å². The number of halogens is 1. The van der Waals surface area contributed by atoms with E-state index in [1.807, 2.05) is 58.0 Å².